The third-order valence-corrected chi connectivity index (χ3v) is 4.78. The van der Waals surface area contributed by atoms with E-state index in [0.29, 0.717) is 24.4 Å². The van der Waals surface area contributed by atoms with Crippen LogP contribution in [0.4, 0.5) is 0 Å². The van der Waals surface area contributed by atoms with Crippen LogP contribution in [0.15, 0.2) is 59.1 Å². The summed E-state index contributed by atoms with van der Waals surface area (Å²) in [6.07, 6.45) is 0.206. The number of carbonyl (C=O) groups is 1. The Balaban J connectivity index is 1.27. The van der Waals surface area contributed by atoms with Gasteiger partial charge in [0.1, 0.15) is 5.69 Å². The Morgan fingerprint density at radius 3 is 2.85 bits per heavy atom. The first-order valence-electron chi connectivity index (χ1n) is 9.26. The van der Waals surface area contributed by atoms with Crippen molar-refractivity contribution in [2.45, 2.75) is 19.1 Å². The fourth-order valence-electron chi connectivity index (χ4n) is 3.40. The Bertz CT molecular complexity index is 894. The zero-order valence-corrected chi connectivity index (χ0v) is 15.1. The van der Waals surface area contributed by atoms with Crippen molar-refractivity contribution in [3.63, 3.8) is 0 Å². The number of para-hydroxylation sites is 1. The average molecular weight is 365 g/mol. The molecule has 1 fully saturated rings. The summed E-state index contributed by atoms with van der Waals surface area (Å²) in [4.78, 5) is 14.7. The lowest BCUT2D eigenvalue weighted by Gasteiger charge is -2.33. The first-order chi connectivity index (χ1) is 13.3. The van der Waals surface area contributed by atoms with Crippen molar-refractivity contribution >= 4 is 16.9 Å². The minimum atomic E-state index is -0.0714. The Hall–Kier alpha value is -2.70. The van der Waals surface area contributed by atoms with Crippen molar-refractivity contribution in [2.24, 2.45) is 0 Å². The molecule has 2 aromatic carbocycles. The zero-order valence-electron chi connectivity index (χ0n) is 15.1. The van der Waals surface area contributed by atoms with E-state index in [4.69, 9.17) is 9.26 Å². The van der Waals surface area contributed by atoms with Gasteiger partial charge in [-0.15, -0.1) is 0 Å². The van der Waals surface area contributed by atoms with Gasteiger partial charge in [0.15, 0.2) is 5.58 Å². The van der Waals surface area contributed by atoms with Crippen LogP contribution in [0, 0.1) is 0 Å². The van der Waals surface area contributed by atoms with Crippen LogP contribution < -0.4 is 5.32 Å². The molecule has 1 saturated heterocycles. The second kappa shape index (κ2) is 8.33. The molecule has 1 aliphatic rings. The fraction of sp³-hybridized carbons (Fsp3) is 0.333. The zero-order chi connectivity index (χ0) is 18.5. The summed E-state index contributed by atoms with van der Waals surface area (Å²) >= 11 is 0. The van der Waals surface area contributed by atoms with Crippen molar-refractivity contribution in [2.75, 3.05) is 26.2 Å². The number of carbonyl (C=O) groups excluding carboxylic acids is 1. The molecule has 140 valence electrons. The minimum Gasteiger partial charge on any atom is -0.374 e. The van der Waals surface area contributed by atoms with E-state index in [1.807, 2.05) is 30.3 Å². The maximum Gasteiger partial charge on any atom is 0.226 e. The fourth-order valence-corrected chi connectivity index (χ4v) is 3.40. The molecule has 1 atom stereocenters. The molecule has 4 rings (SSSR count). The summed E-state index contributed by atoms with van der Waals surface area (Å²) in [5.41, 5.74) is 2.66. The molecule has 6 nitrogen and oxygen atoms in total. The van der Waals surface area contributed by atoms with Gasteiger partial charge in [-0.3, -0.25) is 9.69 Å². The van der Waals surface area contributed by atoms with Crippen LogP contribution in [0.1, 0.15) is 11.3 Å². The molecule has 27 heavy (non-hydrogen) atoms. The molecule has 1 aromatic heterocycles. The molecule has 1 unspecified atom stereocenters. The Kier molecular flexibility index (Phi) is 5.46. The Morgan fingerprint density at radius 2 is 1.96 bits per heavy atom. The highest BCUT2D eigenvalue weighted by molar-refractivity contribution is 5.86. The van der Waals surface area contributed by atoms with Crippen molar-refractivity contribution < 1.29 is 14.1 Å². The van der Waals surface area contributed by atoms with Gasteiger partial charge >= 0.3 is 0 Å². The third-order valence-electron chi connectivity index (χ3n) is 4.78. The summed E-state index contributed by atoms with van der Waals surface area (Å²) in [5.74, 6) is -0.0714. The van der Waals surface area contributed by atoms with Crippen LogP contribution in [0.25, 0.3) is 11.0 Å². The van der Waals surface area contributed by atoms with Crippen LogP contribution >= 0.6 is 0 Å². The van der Waals surface area contributed by atoms with Gasteiger partial charge in [0, 0.05) is 31.6 Å². The molecule has 1 amide bonds. The van der Waals surface area contributed by atoms with Crippen LogP contribution in [-0.2, 0) is 22.5 Å². The number of rotatable bonds is 6. The lowest BCUT2D eigenvalue weighted by Crippen LogP contribution is -2.47. The quantitative estimate of drug-likeness (QED) is 0.726. The maximum atomic E-state index is 12.3. The van der Waals surface area contributed by atoms with Gasteiger partial charge in [0.05, 0.1) is 19.1 Å². The number of benzene rings is 2. The highest BCUT2D eigenvalue weighted by atomic mass is 16.5. The second-order valence-corrected chi connectivity index (χ2v) is 6.82. The molecule has 1 aliphatic heterocycles. The monoisotopic (exact) mass is 365 g/mol. The first-order valence-corrected chi connectivity index (χ1v) is 9.26. The number of hydrogen-bond acceptors (Lipinski definition) is 5. The molecule has 0 radical (unpaired) electrons. The number of nitrogens with one attached hydrogen (secondary N) is 1. The number of hydrogen-bond donors (Lipinski definition) is 1. The van der Waals surface area contributed by atoms with E-state index in [1.165, 1.54) is 5.56 Å². The largest absolute Gasteiger partial charge is 0.374 e. The molecular formula is C21H23N3O3. The van der Waals surface area contributed by atoms with Gasteiger partial charge in [-0.2, -0.15) is 0 Å². The number of fused-ring (bicyclic) bond motifs is 1. The highest BCUT2D eigenvalue weighted by Crippen LogP contribution is 2.18. The Labute approximate surface area is 158 Å². The molecule has 0 saturated carbocycles. The molecular weight excluding hydrogens is 342 g/mol. The topological polar surface area (TPSA) is 67.6 Å². The molecule has 0 spiro atoms. The van der Waals surface area contributed by atoms with Crippen molar-refractivity contribution in [1.29, 1.82) is 0 Å². The van der Waals surface area contributed by atoms with Crippen molar-refractivity contribution in [1.82, 2.24) is 15.4 Å². The van der Waals surface area contributed by atoms with E-state index in [2.05, 4.69) is 39.6 Å². The predicted molar refractivity (Wildman–Crippen MR) is 102 cm³/mol. The molecule has 2 heterocycles. The number of ether oxygens (including phenoxy) is 1. The van der Waals surface area contributed by atoms with Gasteiger partial charge in [-0.1, -0.05) is 47.6 Å². The summed E-state index contributed by atoms with van der Waals surface area (Å²) in [6.45, 7) is 3.80. The lowest BCUT2D eigenvalue weighted by atomic mass is 10.1. The average Bonchev–Trinajstić information content (AvgIpc) is 3.10. The standard InChI is InChI=1S/C21H23N3O3/c25-21(12-19-18-8-4-5-9-20(18)27-23-19)22-13-17-15-24(10-11-26-17)14-16-6-2-1-3-7-16/h1-9,17H,10-15H2,(H,22,25). The summed E-state index contributed by atoms with van der Waals surface area (Å²) < 4.78 is 11.1. The molecule has 0 aliphatic carbocycles. The molecule has 0 bridgehead atoms. The maximum absolute atomic E-state index is 12.3. The van der Waals surface area contributed by atoms with Gasteiger partial charge in [0.2, 0.25) is 5.91 Å². The minimum absolute atomic E-state index is 0.000431. The van der Waals surface area contributed by atoms with Crippen LogP contribution in [0.2, 0.25) is 0 Å². The van der Waals surface area contributed by atoms with E-state index in [-0.39, 0.29) is 18.4 Å². The van der Waals surface area contributed by atoms with Crippen LogP contribution in [0.3, 0.4) is 0 Å². The van der Waals surface area contributed by atoms with Crippen LogP contribution in [-0.4, -0.2) is 48.3 Å². The van der Waals surface area contributed by atoms with E-state index in [0.717, 1.165) is 25.0 Å². The van der Waals surface area contributed by atoms with Crippen LogP contribution in [0.5, 0.6) is 0 Å². The number of amides is 1. The predicted octanol–water partition coefficient (Wildman–Crippen LogP) is 2.39. The highest BCUT2D eigenvalue weighted by Gasteiger charge is 2.21. The van der Waals surface area contributed by atoms with E-state index in [9.17, 15) is 4.79 Å². The van der Waals surface area contributed by atoms with Gasteiger partial charge in [0.25, 0.3) is 0 Å². The molecule has 3 aromatic rings. The SMILES string of the molecule is O=C(Cc1noc2ccccc12)NCC1CN(Cc2ccccc2)CCO1. The Morgan fingerprint density at radius 1 is 1.15 bits per heavy atom. The first kappa shape index (κ1) is 17.7. The van der Waals surface area contributed by atoms with E-state index < -0.39 is 0 Å². The summed E-state index contributed by atoms with van der Waals surface area (Å²) in [5, 5.41) is 7.87. The number of morpholine rings is 1. The van der Waals surface area contributed by atoms with Gasteiger partial charge in [-0.05, 0) is 17.7 Å². The smallest absolute Gasteiger partial charge is 0.226 e. The molecule has 1 N–H and O–H groups in total. The molecule has 6 heteroatoms. The lowest BCUT2D eigenvalue weighted by molar-refractivity contribution is -0.121. The van der Waals surface area contributed by atoms with Gasteiger partial charge in [-0.25, -0.2) is 0 Å². The summed E-state index contributed by atoms with van der Waals surface area (Å²) in [7, 11) is 0. The van der Waals surface area contributed by atoms with E-state index >= 15 is 0 Å². The van der Waals surface area contributed by atoms with Gasteiger partial charge < -0.3 is 14.6 Å². The summed E-state index contributed by atoms with van der Waals surface area (Å²) in [6, 6.07) is 18.0. The third kappa shape index (κ3) is 4.53. The second-order valence-electron chi connectivity index (χ2n) is 6.82. The van der Waals surface area contributed by atoms with Crippen molar-refractivity contribution in [3.8, 4) is 0 Å². The van der Waals surface area contributed by atoms with Crippen molar-refractivity contribution in [3.05, 3.63) is 65.9 Å². The normalized spacial score (nSPS) is 17.9. The number of aromatic nitrogens is 1. The number of nitrogens with zero attached hydrogens (tertiary/aromatic N) is 2. The van der Waals surface area contributed by atoms with E-state index in [1.54, 1.807) is 0 Å².